The van der Waals surface area contributed by atoms with Crippen molar-refractivity contribution in [2.45, 2.75) is 219 Å². The maximum atomic E-state index is 15.2. The quantitative estimate of drug-likeness (QED) is 0.0108. The number of aromatic nitrogens is 4. The first-order valence-corrected chi connectivity index (χ1v) is 47.8. The summed E-state index contributed by atoms with van der Waals surface area (Å²) in [5.74, 6) is -14.6. The molecule has 0 unspecified atom stereocenters. The molecule has 149 heavy (non-hydrogen) atoms. The van der Waals surface area contributed by atoms with Crippen LogP contribution in [-0.2, 0) is 162 Å². The van der Waals surface area contributed by atoms with Crippen LogP contribution < -0.4 is 26.6 Å². The van der Waals surface area contributed by atoms with Gasteiger partial charge < -0.3 is 122 Å². The molecule has 0 spiro atoms. The summed E-state index contributed by atoms with van der Waals surface area (Å²) in [7, 11) is 0. The van der Waals surface area contributed by atoms with Gasteiger partial charge in [0.15, 0.2) is 73.8 Å². The zero-order valence-electron chi connectivity index (χ0n) is 83.7. The number of rotatable bonds is 44. The Labute approximate surface area is 854 Å². The second-order valence-electron chi connectivity index (χ2n) is 35.1. The average Bonchev–Trinajstić information content (AvgIpc) is 1.47. The predicted molar refractivity (Wildman–Crippen MR) is 524 cm³/mol. The van der Waals surface area contributed by atoms with Crippen molar-refractivity contribution in [2.24, 2.45) is 0 Å². The smallest absolute Gasteiger partial charge is 0.303 e. The molecule has 0 aliphatic carbocycles. The fourth-order valence-electron chi connectivity index (χ4n) is 17.6. The number of esters is 12. The summed E-state index contributed by atoms with van der Waals surface area (Å²) < 4.78 is 102. The minimum atomic E-state index is -1.85. The monoisotopic (exact) mass is 2060 g/mol. The number of carbonyl (C=O) groups is 17. The Bertz CT molecular complexity index is 5990. The second kappa shape index (κ2) is 53.0. The fourth-order valence-corrected chi connectivity index (χ4v) is 17.6. The minimum Gasteiger partial charge on any atom is -0.463 e. The van der Waals surface area contributed by atoms with E-state index in [2.05, 4.69) is 36.6 Å². The SMILES string of the molecule is CC(=O)OC[C@H]1O[C@@H](OCCNC(=O)CCC(CCC(=O)NCCO[C@@H]2O[C@H](COC(C)=O)[C@@H](OC(C)=O)[C@H](OC(C)=O)[C@H]2OC(C)=O)(CCC(=O)NCCO[C@@H]2O[C@H](COC(C)=O)[C@@H](OC(C)=O)[C@H](OC(C)=O)[C@H]2OC(C)=O)NC(=O)CNC(=O)c2ccc(-c3c4nc(c(-c5ccccc5)c5ccc([nH]5)c(-c5ccccc5)c5nc(c(-c6ccccc6)c6ccc3[nH]6)C=C5)C=C4)cc2)[C@H](OC(C)=O)[C@@H](OC(C)=O)[C@@H]1OC(C)=O. The summed E-state index contributed by atoms with van der Waals surface area (Å²) in [6.07, 6.45) is -18.8. The highest BCUT2D eigenvalue weighted by atomic mass is 16.8. The van der Waals surface area contributed by atoms with Gasteiger partial charge in [0.2, 0.25) is 23.6 Å². The first-order chi connectivity index (χ1) is 71.3. The number of nitrogens with zero attached hydrogens (tertiary/aromatic N) is 2. The van der Waals surface area contributed by atoms with Crippen LogP contribution in [0.1, 0.15) is 155 Å². The molecule has 0 saturated carbocycles. The third-order valence-corrected chi connectivity index (χ3v) is 23.6. The first-order valence-electron chi connectivity index (χ1n) is 47.8. The molecule has 0 radical (unpaired) electrons. The largest absolute Gasteiger partial charge is 0.463 e. The third-order valence-electron chi connectivity index (χ3n) is 23.6. The molecule has 3 fully saturated rings. The Kier molecular flexibility index (Phi) is 39.9. The lowest BCUT2D eigenvalue weighted by atomic mass is 9.83. The number of amides is 5. The lowest BCUT2D eigenvalue weighted by Gasteiger charge is -2.44. The van der Waals surface area contributed by atoms with Crippen LogP contribution in [0, 0.1) is 0 Å². The molecule has 7 aromatic rings. The molecule has 5 aliphatic heterocycles. The van der Waals surface area contributed by atoms with Gasteiger partial charge in [-0.1, -0.05) is 103 Å². The molecule has 5 amide bonds. The second-order valence-corrected chi connectivity index (χ2v) is 35.1. The number of aromatic amines is 2. The number of carbonyl (C=O) groups excluding carboxylic acids is 17. The van der Waals surface area contributed by atoms with Crippen LogP contribution >= 0.6 is 0 Å². The van der Waals surface area contributed by atoms with Crippen molar-refractivity contribution in [1.29, 1.82) is 0 Å². The summed E-state index contributed by atoms with van der Waals surface area (Å²) in [6, 6.07) is 44.2. The van der Waals surface area contributed by atoms with Crippen molar-refractivity contribution in [3.63, 3.8) is 0 Å². The lowest BCUT2D eigenvalue weighted by molar-refractivity contribution is -0.307. The molecule has 7 N–H and O–H groups in total. The molecule has 44 nitrogen and oxygen atoms in total. The number of hydrogen-bond donors (Lipinski definition) is 7. The molecular formula is C105H117N9O35. The zero-order chi connectivity index (χ0) is 107. The van der Waals surface area contributed by atoms with Crippen LogP contribution in [-0.4, -0.2) is 285 Å². The van der Waals surface area contributed by atoms with Gasteiger partial charge in [-0.25, -0.2) is 9.97 Å². The predicted octanol–water partition coefficient (Wildman–Crippen LogP) is 7.90. The molecule has 5 aliphatic rings. The van der Waals surface area contributed by atoms with Gasteiger partial charge in [-0.15, -0.1) is 0 Å². The summed E-state index contributed by atoms with van der Waals surface area (Å²) in [4.78, 5) is 242. The van der Waals surface area contributed by atoms with Gasteiger partial charge in [0, 0.05) is 177 Å². The molecule has 4 aromatic carbocycles. The average molecular weight is 2070 g/mol. The van der Waals surface area contributed by atoms with E-state index in [9.17, 15) is 76.7 Å². The molecule has 3 saturated heterocycles. The van der Waals surface area contributed by atoms with Crippen LogP contribution in [0.3, 0.4) is 0 Å². The molecular weight excluding hydrogens is 1950 g/mol. The van der Waals surface area contributed by atoms with E-state index in [4.69, 9.17) is 95.2 Å². The maximum Gasteiger partial charge on any atom is 0.303 e. The van der Waals surface area contributed by atoms with Crippen molar-refractivity contribution < 1.29 is 167 Å². The normalized spacial score (nSPS) is 20.6. The van der Waals surface area contributed by atoms with Crippen molar-refractivity contribution in [3.05, 3.63) is 168 Å². The Morgan fingerprint density at radius 2 is 0.550 bits per heavy atom. The molecule has 3 aromatic heterocycles. The number of nitrogens with one attached hydrogen (secondary N) is 7. The molecule has 8 bridgehead atoms. The van der Waals surface area contributed by atoms with E-state index in [1.54, 1.807) is 24.3 Å². The number of ether oxygens (including phenoxy) is 18. The molecule has 12 rings (SSSR count). The Balaban J connectivity index is 0.860. The van der Waals surface area contributed by atoms with Gasteiger partial charge in [-0.05, 0) is 102 Å². The first kappa shape index (κ1) is 112. The number of benzene rings is 4. The summed E-state index contributed by atoms with van der Waals surface area (Å²) in [6.45, 7) is 7.28. The van der Waals surface area contributed by atoms with Crippen LogP contribution in [0.15, 0.2) is 140 Å². The van der Waals surface area contributed by atoms with Crippen LogP contribution in [0.5, 0.6) is 0 Å². The topological polar surface area (TPSA) is 574 Å². The van der Waals surface area contributed by atoms with E-state index in [1.807, 2.05) is 140 Å². The van der Waals surface area contributed by atoms with Crippen molar-refractivity contribution >= 4 is 148 Å². The van der Waals surface area contributed by atoms with Gasteiger partial charge in [0.25, 0.3) is 5.91 Å². The Hall–Kier alpha value is -15.8. The molecule has 15 atom stereocenters. The van der Waals surface area contributed by atoms with E-state index in [0.29, 0.717) is 39.2 Å². The fraction of sp³-hybridized carbons (Fsp3) is 0.419. The van der Waals surface area contributed by atoms with Gasteiger partial charge in [0.05, 0.1) is 49.1 Å². The van der Waals surface area contributed by atoms with Gasteiger partial charge in [-0.3, -0.25) is 81.5 Å². The van der Waals surface area contributed by atoms with Crippen molar-refractivity contribution in [2.75, 3.05) is 65.8 Å². The highest BCUT2D eigenvalue weighted by Gasteiger charge is 2.56. The van der Waals surface area contributed by atoms with Gasteiger partial charge in [0.1, 0.15) is 38.1 Å². The van der Waals surface area contributed by atoms with E-state index in [-0.39, 0.29) is 25.2 Å². The third kappa shape index (κ3) is 31.6. The zero-order valence-corrected chi connectivity index (χ0v) is 83.7. The minimum absolute atomic E-state index is 0.0658. The molecule has 44 heteroatoms. The highest BCUT2D eigenvalue weighted by molar-refractivity contribution is 6.02. The maximum absolute atomic E-state index is 15.2. The Morgan fingerprint density at radius 1 is 0.295 bits per heavy atom. The number of H-pyrrole nitrogens is 2. The van der Waals surface area contributed by atoms with Gasteiger partial charge >= 0.3 is 71.6 Å². The van der Waals surface area contributed by atoms with Crippen LogP contribution in [0.4, 0.5) is 0 Å². The highest BCUT2D eigenvalue weighted by Crippen LogP contribution is 2.41. The van der Waals surface area contributed by atoms with Crippen LogP contribution in [0.2, 0.25) is 0 Å². The lowest BCUT2D eigenvalue weighted by Crippen LogP contribution is -2.63. The summed E-state index contributed by atoms with van der Waals surface area (Å²) >= 11 is 0. The standard InChI is InChI=1S/C105H117N9O35/c1-56(115)135-53-81-92(138-59(4)118)95(141-62(7)121)98(144-65(10)124)102(147-81)132-49-46-106-84(127)40-43-105(44-41-85(128)107-47-50-133-103-99(145-66(11)125)96(142-63(8)122)93(139-60(5)119)82(148-103)54-136-57(2)116,45-42-86(129)108-48-51-134-104-100(146-67(12)126)97(143-64(9)123)94(140-61(6)120)83(149-104)55-137-58(3)117)114-87(130)52-109-101(131)72-30-28-71(29-31-72)91-79-38-36-77(112-79)89(69-24-18-14-19-25-69)75-34-32-73(110-75)88(68-22-16-13-17-23-68)74-33-35-76(111-74)90(70-26-20-15-21-27-70)78-37-39-80(91)113-78/h13-39,81-83,92-100,102-104,110,113H,40-55H2,1-12H3,(H,106,127)(H,107,128)(H,108,129)(H,109,131)(H,114,130)/t81-,82-,83-,92-,93-,94-,95+,96+,97+,98-,99-,100-,102-,103-,104-/m1/s1. The van der Waals surface area contributed by atoms with Crippen molar-refractivity contribution in [1.82, 2.24) is 46.5 Å². The van der Waals surface area contributed by atoms with Crippen molar-refractivity contribution in [3.8, 4) is 44.5 Å². The van der Waals surface area contributed by atoms with Gasteiger partial charge in [-0.2, -0.15) is 0 Å². The van der Waals surface area contributed by atoms with E-state index in [1.165, 1.54) is 0 Å². The molecule has 792 valence electrons. The van der Waals surface area contributed by atoms with Crippen LogP contribution in [0.25, 0.3) is 90.9 Å². The van der Waals surface area contributed by atoms with E-state index in [0.717, 1.165) is 133 Å². The summed E-state index contributed by atoms with van der Waals surface area (Å²) in [5.41, 5.74) is 10.1. The van der Waals surface area contributed by atoms with E-state index >= 15 is 4.79 Å². The van der Waals surface area contributed by atoms with E-state index < -0.39 is 284 Å². The number of hydrogen-bond acceptors (Lipinski definition) is 37. The number of fused-ring (bicyclic) bond motifs is 8. The summed E-state index contributed by atoms with van der Waals surface area (Å²) in [5, 5.41) is 13.7. The Morgan fingerprint density at radius 3 is 0.812 bits per heavy atom. The molecule has 8 heterocycles.